The van der Waals surface area contributed by atoms with E-state index in [2.05, 4.69) is 53.1 Å². The first-order chi connectivity index (χ1) is 8.18. The molecular weight excluding hydrogens is 220 g/mol. The normalized spacial score (nSPS) is 12.9. The lowest BCUT2D eigenvalue weighted by Gasteiger charge is -2.17. The second kappa shape index (κ2) is 7.20. The maximum Gasteiger partial charge on any atom is 0.0385 e. The molecule has 18 heavy (non-hydrogen) atoms. The number of nitrogens with two attached hydrogens (primary N) is 1. The number of aliphatic imine (C=N–C) groups is 1. The second-order valence-electron chi connectivity index (χ2n) is 5.88. The van der Waals surface area contributed by atoms with Crippen molar-refractivity contribution in [3.63, 3.8) is 0 Å². The highest BCUT2D eigenvalue weighted by Crippen LogP contribution is 2.24. The van der Waals surface area contributed by atoms with E-state index < -0.39 is 0 Å². The van der Waals surface area contributed by atoms with Crippen LogP contribution in [0.3, 0.4) is 0 Å². The lowest BCUT2D eigenvalue weighted by Crippen LogP contribution is -2.06. The molecule has 0 aromatic heterocycles. The number of allylic oxidation sites excluding steroid dienone is 5. The van der Waals surface area contributed by atoms with Crippen LogP contribution in [-0.2, 0) is 0 Å². The zero-order valence-corrected chi connectivity index (χ0v) is 12.8. The SMILES string of the molecule is C=C(/N=C\C(/C=C(/N)CCC)=C(C)C)C(C)(C)C. The third-order valence-electron chi connectivity index (χ3n) is 2.68. The van der Waals surface area contributed by atoms with Crippen molar-refractivity contribution in [2.45, 2.75) is 54.4 Å². The number of nitrogens with zero attached hydrogens (tertiary/aromatic N) is 1. The van der Waals surface area contributed by atoms with Crippen molar-refractivity contribution < 1.29 is 0 Å². The molecule has 0 saturated carbocycles. The van der Waals surface area contributed by atoms with Gasteiger partial charge in [-0.15, -0.1) is 0 Å². The molecule has 0 aromatic carbocycles. The minimum atomic E-state index is 0.00192. The highest BCUT2D eigenvalue weighted by atomic mass is 14.7. The monoisotopic (exact) mass is 248 g/mol. The maximum absolute atomic E-state index is 5.96. The minimum absolute atomic E-state index is 0.00192. The number of hydrogen-bond donors (Lipinski definition) is 1. The van der Waals surface area contributed by atoms with Crippen LogP contribution in [0.15, 0.2) is 40.2 Å². The molecule has 0 aliphatic rings. The molecule has 0 heterocycles. The van der Waals surface area contributed by atoms with Gasteiger partial charge in [-0.25, -0.2) is 0 Å². The van der Waals surface area contributed by atoms with Crippen molar-refractivity contribution in [1.29, 1.82) is 0 Å². The fourth-order valence-corrected chi connectivity index (χ4v) is 1.21. The van der Waals surface area contributed by atoms with Crippen LogP contribution in [0, 0.1) is 5.41 Å². The van der Waals surface area contributed by atoms with Crippen LogP contribution in [0.5, 0.6) is 0 Å². The van der Waals surface area contributed by atoms with Crippen LogP contribution in [0.4, 0.5) is 0 Å². The summed E-state index contributed by atoms with van der Waals surface area (Å²) in [4.78, 5) is 4.45. The summed E-state index contributed by atoms with van der Waals surface area (Å²) in [7, 11) is 0. The van der Waals surface area contributed by atoms with Crippen LogP contribution >= 0.6 is 0 Å². The third kappa shape index (κ3) is 6.43. The molecule has 102 valence electrons. The maximum atomic E-state index is 5.96. The van der Waals surface area contributed by atoms with Gasteiger partial charge in [-0.1, -0.05) is 46.3 Å². The molecule has 0 spiro atoms. The average Bonchev–Trinajstić information content (AvgIpc) is 2.22. The molecule has 0 amide bonds. The largest absolute Gasteiger partial charge is 0.402 e. The average molecular weight is 248 g/mol. The lowest BCUT2D eigenvalue weighted by molar-refractivity contribution is 0.501. The van der Waals surface area contributed by atoms with Crippen molar-refractivity contribution in [3.8, 4) is 0 Å². The Morgan fingerprint density at radius 1 is 1.28 bits per heavy atom. The highest BCUT2D eigenvalue weighted by Gasteiger charge is 2.13. The van der Waals surface area contributed by atoms with E-state index in [1.807, 2.05) is 12.3 Å². The quantitative estimate of drug-likeness (QED) is 0.560. The molecule has 0 radical (unpaired) electrons. The first kappa shape index (κ1) is 16.7. The minimum Gasteiger partial charge on any atom is -0.402 e. The number of hydrogen-bond acceptors (Lipinski definition) is 2. The molecule has 0 bridgehead atoms. The van der Waals surface area contributed by atoms with Gasteiger partial charge in [-0.2, -0.15) is 0 Å². The fourth-order valence-electron chi connectivity index (χ4n) is 1.21. The molecule has 2 N–H and O–H groups in total. The van der Waals surface area contributed by atoms with Crippen LogP contribution in [0.2, 0.25) is 0 Å². The Bertz CT molecular complexity index is 372. The van der Waals surface area contributed by atoms with E-state index >= 15 is 0 Å². The van der Waals surface area contributed by atoms with Gasteiger partial charge in [-0.05, 0) is 31.9 Å². The molecular formula is C16H28N2. The van der Waals surface area contributed by atoms with Crippen molar-refractivity contribution in [2.75, 3.05) is 0 Å². The number of rotatable bonds is 5. The summed E-state index contributed by atoms with van der Waals surface area (Å²) in [6, 6.07) is 0. The van der Waals surface area contributed by atoms with Gasteiger partial charge in [-0.3, -0.25) is 4.99 Å². The molecule has 0 atom stereocenters. The van der Waals surface area contributed by atoms with Crippen LogP contribution in [-0.4, -0.2) is 6.21 Å². The van der Waals surface area contributed by atoms with Crippen molar-refractivity contribution in [3.05, 3.63) is 35.2 Å². The van der Waals surface area contributed by atoms with Gasteiger partial charge >= 0.3 is 0 Å². The summed E-state index contributed by atoms with van der Waals surface area (Å²) >= 11 is 0. The zero-order valence-electron chi connectivity index (χ0n) is 12.8. The van der Waals surface area contributed by atoms with Gasteiger partial charge in [0.25, 0.3) is 0 Å². The van der Waals surface area contributed by atoms with Gasteiger partial charge in [0.15, 0.2) is 0 Å². The summed E-state index contributed by atoms with van der Waals surface area (Å²) in [6.07, 6.45) is 5.86. The lowest BCUT2D eigenvalue weighted by atomic mass is 9.93. The van der Waals surface area contributed by atoms with E-state index in [1.54, 1.807) is 0 Å². The Labute approximate surface area is 112 Å². The molecule has 0 aliphatic carbocycles. The molecule has 0 fully saturated rings. The second-order valence-corrected chi connectivity index (χ2v) is 5.88. The Kier molecular flexibility index (Phi) is 6.67. The Morgan fingerprint density at radius 2 is 1.83 bits per heavy atom. The molecule has 0 rings (SSSR count). The first-order valence-electron chi connectivity index (χ1n) is 6.55. The van der Waals surface area contributed by atoms with Gasteiger partial charge in [0.05, 0.1) is 0 Å². The van der Waals surface area contributed by atoms with E-state index in [4.69, 9.17) is 5.73 Å². The molecule has 2 nitrogen and oxygen atoms in total. The van der Waals surface area contributed by atoms with E-state index in [-0.39, 0.29) is 5.41 Å². The standard InChI is InChI=1S/C16H28N2/c1-8-9-15(17)10-14(12(2)3)11-18-13(4)16(5,6)7/h10-11H,4,8-9,17H2,1-3,5-7H3/b15-10+,18-11-. The summed E-state index contributed by atoms with van der Waals surface area (Å²) in [5.41, 5.74) is 10.0. The summed E-state index contributed by atoms with van der Waals surface area (Å²) in [5.74, 6) is 0. The predicted octanol–water partition coefficient (Wildman–Crippen LogP) is 4.60. The highest BCUT2D eigenvalue weighted by molar-refractivity contribution is 5.84. The smallest absolute Gasteiger partial charge is 0.0385 e. The van der Waals surface area contributed by atoms with Crippen LogP contribution in [0.25, 0.3) is 0 Å². The molecule has 0 unspecified atom stereocenters. The van der Waals surface area contributed by atoms with E-state index in [0.717, 1.165) is 29.8 Å². The van der Waals surface area contributed by atoms with Crippen molar-refractivity contribution in [2.24, 2.45) is 16.1 Å². The predicted molar refractivity (Wildman–Crippen MR) is 82.6 cm³/mol. The van der Waals surface area contributed by atoms with Crippen molar-refractivity contribution in [1.82, 2.24) is 0 Å². The van der Waals surface area contributed by atoms with E-state index in [1.165, 1.54) is 5.57 Å². The molecule has 2 heteroatoms. The molecule has 0 saturated heterocycles. The third-order valence-corrected chi connectivity index (χ3v) is 2.68. The Morgan fingerprint density at radius 3 is 2.22 bits per heavy atom. The summed E-state index contributed by atoms with van der Waals surface area (Å²) < 4.78 is 0. The van der Waals surface area contributed by atoms with Crippen molar-refractivity contribution >= 4 is 6.21 Å². The Hall–Kier alpha value is -1.31. The topological polar surface area (TPSA) is 38.4 Å². The van der Waals surface area contributed by atoms with E-state index in [9.17, 15) is 0 Å². The van der Waals surface area contributed by atoms with Crippen LogP contribution < -0.4 is 5.73 Å². The van der Waals surface area contributed by atoms with Gasteiger partial charge < -0.3 is 5.73 Å². The fraction of sp³-hybridized carbons (Fsp3) is 0.562. The van der Waals surface area contributed by atoms with Crippen LogP contribution in [0.1, 0.15) is 54.4 Å². The molecule has 0 aliphatic heterocycles. The van der Waals surface area contributed by atoms with Gasteiger partial charge in [0, 0.05) is 23.0 Å². The van der Waals surface area contributed by atoms with Gasteiger partial charge in [0.2, 0.25) is 0 Å². The van der Waals surface area contributed by atoms with Gasteiger partial charge in [0.1, 0.15) is 0 Å². The van der Waals surface area contributed by atoms with E-state index in [0.29, 0.717) is 0 Å². The summed E-state index contributed by atoms with van der Waals surface area (Å²) in [5, 5.41) is 0. The molecule has 0 aromatic rings. The zero-order chi connectivity index (χ0) is 14.3. The first-order valence-corrected chi connectivity index (χ1v) is 6.55. The summed E-state index contributed by atoms with van der Waals surface area (Å²) in [6.45, 7) is 16.6. The Balaban J connectivity index is 5.00.